The van der Waals surface area contributed by atoms with Crippen LogP contribution in [0, 0.1) is 6.92 Å². The second kappa shape index (κ2) is 4.26. The van der Waals surface area contributed by atoms with Gasteiger partial charge in [-0.3, -0.25) is 9.11 Å². The highest BCUT2D eigenvalue weighted by Crippen LogP contribution is 2.28. The van der Waals surface area contributed by atoms with Gasteiger partial charge in [0.25, 0.3) is 20.2 Å². The number of aryl methyl sites for hydroxylation is 1. The van der Waals surface area contributed by atoms with E-state index >= 15 is 0 Å². The summed E-state index contributed by atoms with van der Waals surface area (Å²) in [6, 6.07) is 1.78. The maximum atomic E-state index is 11.1. The molecule has 0 unspecified atom stereocenters. The fourth-order valence-electron chi connectivity index (χ4n) is 1.40. The van der Waals surface area contributed by atoms with Crippen molar-refractivity contribution in [2.45, 2.75) is 16.7 Å². The number of hydrogen-bond acceptors (Lipinski definition) is 5. The molecular formula is C8H11NO6S2. The lowest BCUT2D eigenvalue weighted by atomic mass is 10.2. The van der Waals surface area contributed by atoms with Gasteiger partial charge >= 0.3 is 0 Å². The Hall–Kier alpha value is -1.16. The molecule has 0 radical (unpaired) electrons. The van der Waals surface area contributed by atoms with Gasteiger partial charge in [-0.25, -0.2) is 0 Å². The molecule has 0 aliphatic heterocycles. The number of benzene rings is 1. The van der Waals surface area contributed by atoms with Gasteiger partial charge in [0.2, 0.25) is 0 Å². The Labute approximate surface area is 99.0 Å². The summed E-state index contributed by atoms with van der Waals surface area (Å²) in [5.74, 6) is 0. The van der Waals surface area contributed by atoms with Crippen molar-refractivity contribution in [2.75, 3.05) is 12.4 Å². The molecule has 0 aliphatic carbocycles. The molecule has 9 heteroatoms. The molecule has 1 aromatic carbocycles. The lowest BCUT2D eigenvalue weighted by Gasteiger charge is -2.11. The first kappa shape index (κ1) is 13.9. The Balaban J connectivity index is 3.75. The molecular weight excluding hydrogens is 270 g/mol. The molecule has 0 amide bonds. The van der Waals surface area contributed by atoms with Crippen molar-refractivity contribution in [2.24, 2.45) is 0 Å². The van der Waals surface area contributed by atoms with Crippen LogP contribution in [0.2, 0.25) is 0 Å². The van der Waals surface area contributed by atoms with E-state index in [-0.39, 0.29) is 11.3 Å². The van der Waals surface area contributed by atoms with Crippen LogP contribution in [0.1, 0.15) is 5.56 Å². The van der Waals surface area contributed by atoms with Crippen LogP contribution in [-0.2, 0) is 20.2 Å². The maximum absolute atomic E-state index is 11.1. The molecule has 3 N–H and O–H groups in total. The number of nitrogens with one attached hydrogen (secondary N) is 1. The van der Waals surface area contributed by atoms with Crippen LogP contribution in [0.15, 0.2) is 21.9 Å². The number of rotatable bonds is 3. The van der Waals surface area contributed by atoms with Crippen LogP contribution in [0.5, 0.6) is 0 Å². The average molecular weight is 281 g/mol. The number of anilines is 1. The van der Waals surface area contributed by atoms with Crippen molar-refractivity contribution in [3.8, 4) is 0 Å². The normalized spacial score (nSPS) is 12.5. The lowest BCUT2D eigenvalue weighted by molar-refractivity contribution is 0.481. The molecule has 0 aromatic heterocycles. The van der Waals surface area contributed by atoms with Gasteiger partial charge in [-0.05, 0) is 24.6 Å². The molecule has 1 rings (SSSR count). The van der Waals surface area contributed by atoms with Gasteiger partial charge in [0, 0.05) is 7.05 Å². The van der Waals surface area contributed by atoms with E-state index in [9.17, 15) is 16.8 Å². The van der Waals surface area contributed by atoms with Crippen molar-refractivity contribution >= 4 is 25.9 Å². The predicted molar refractivity (Wildman–Crippen MR) is 60.4 cm³/mol. The highest BCUT2D eigenvalue weighted by atomic mass is 32.2. The Kier molecular flexibility index (Phi) is 3.48. The smallest absolute Gasteiger partial charge is 0.296 e. The minimum Gasteiger partial charge on any atom is -0.387 e. The minimum atomic E-state index is -4.59. The molecule has 0 bridgehead atoms. The van der Waals surface area contributed by atoms with E-state index < -0.39 is 30.0 Å². The van der Waals surface area contributed by atoms with Crippen molar-refractivity contribution < 1.29 is 25.9 Å². The molecule has 0 saturated carbocycles. The van der Waals surface area contributed by atoms with Crippen LogP contribution in [-0.4, -0.2) is 33.0 Å². The maximum Gasteiger partial charge on any atom is 0.296 e. The SMILES string of the molecule is CNc1c(C)cc(S(=O)(=O)O)cc1S(=O)(=O)O. The molecule has 96 valence electrons. The third kappa shape index (κ3) is 2.94. The first-order chi connectivity index (χ1) is 7.57. The van der Waals surface area contributed by atoms with E-state index in [4.69, 9.17) is 9.11 Å². The largest absolute Gasteiger partial charge is 0.387 e. The van der Waals surface area contributed by atoms with E-state index in [0.717, 1.165) is 6.07 Å². The second-order valence-electron chi connectivity index (χ2n) is 3.31. The standard InChI is InChI=1S/C8H11NO6S2/c1-5-3-6(16(10,11)12)4-7(8(5)9-2)17(13,14)15/h3-4,9H,1-2H3,(H,10,11,12)(H,13,14,15). The van der Waals surface area contributed by atoms with E-state index in [1.165, 1.54) is 14.0 Å². The molecule has 0 spiro atoms. The first-order valence-corrected chi connectivity index (χ1v) is 7.22. The first-order valence-electron chi connectivity index (χ1n) is 4.34. The van der Waals surface area contributed by atoms with E-state index in [1.54, 1.807) is 0 Å². The van der Waals surface area contributed by atoms with Gasteiger partial charge in [0.1, 0.15) is 4.90 Å². The summed E-state index contributed by atoms with van der Waals surface area (Å²) < 4.78 is 61.8. The van der Waals surface area contributed by atoms with Crippen LogP contribution in [0.4, 0.5) is 5.69 Å². The topological polar surface area (TPSA) is 121 Å². The summed E-state index contributed by atoms with van der Waals surface area (Å²) in [4.78, 5) is -1.20. The van der Waals surface area contributed by atoms with E-state index in [2.05, 4.69) is 5.32 Å². The highest BCUT2D eigenvalue weighted by molar-refractivity contribution is 7.86. The third-order valence-electron chi connectivity index (χ3n) is 2.10. The van der Waals surface area contributed by atoms with Crippen LogP contribution in [0.3, 0.4) is 0 Å². The van der Waals surface area contributed by atoms with Crippen molar-refractivity contribution in [3.63, 3.8) is 0 Å². The van der Waals surface area contributed by atoms with Gasteiger partial charge in [0.05, 0.1) is 10.6 Å². The summed E-state index contributed by atoms with van der Waals surface area (Å²) in [5, 5.41) is 2.53. The van der Waals surface area contributed by atoms with Crippen molar-refractivity contribution in [1.82, 2.24) is 0 Å². The molecule has 0 saturated heterocycles. The van der Waals surface area contributed by atoms with E-state index in [1.807, 2.05) is 0 Å². The van der Waals surface area contributed by atoms with Crippen LogP contribution < -0.4 is 5.32 Å². The quantitative estimate of drug-likeness (QED) is 0.691. The van der Waals surface area contributed by atoms with Gasteiger partial charge in [-0.2, -0.15) is 16.8 Å². The Morgan fingerprint density at radius 2 is 1.59 bits per heavy atom. The molecule has 1 aromatic rings. The lowest BCUT2D eigenvalue weighted by Crippen LogP contribution is -2.08. The molecule has 0 heterocycles. The summed E-state index contributed by atoms with van der Waals surface area (Å²) in [6.45, 7) is 1.44. The predicted octanol–water partition coefficient (Wildman–Crippen LogP) is 0.530. The third-order valence-corrected chi connectivity index (χ3v) is 3.81. The fraction of sp³-hybridized carbons (Fsp3) is 0.250. The number of hydrogen-bond donors (Lipinski definition) is 3. The molecule has 0 fully saturated rings. The highest BCUT2D eigenvalue weighted by Gasteiger charge is 2.21. The Morgan fingerprint density at radius 1 is 1.06 bits per heavy atom. The summed E-state index contributed by atoms with van der Waals surface area (Å²) in [5.41, 5.74) is 0.329. The van der Waals surface area contributed by atoms with Gasteiger partial charge < -0.3 is 5.32 Å². The Morgan fingerprint density at radius 3 is 1.94 bits per heavy atom. The van der Waals surface area contributed by atoms with Gasteiger partial charge in [-0.1, -0.05) is 0 Å². The summed E-state index contributed by atoms with van der Waals surface area (Å²) in [6.07, 6.45) is 0. The molecule has 0 atom stereocenters. The summed E-state index contributed by atoms with van der Waals surface area (Å²) in [7, 11) is -7.70. The van der Waals surface area contributed by atoms with Crippen LogP contribution >= 0.6 is 0 Å². The van der Waals surface area contributed by atoms with Crippen LogP contribution in [0.25, 0.3) is 0 Å². The Bertz CT molecular complexity index is 647. The average Bonchev–Trinajstić information content (AvgIpc) is 2.13. The minimum absolute atomic E-state index is 0.0694. The van der Waals surface area contributed by atoms with Crippen molar-refractivity contribution in [1.29, 1.82) is 0 Å². The molecule has 0 aliphatic rings. The van der Waals surface area contributed by atoms with Gasteiger partial charge in [-0.15, -0.1) is 0 Å². The van der Waals surface area contributed by atoms with E-state index in [0.29, 0.717) is 6.07 Å². The van der Waals surface area contributed by atoms with Gasteiger partial charge in [0.15, 0.2) is 0 Å². The van der Waals surface area contributed by atoms with Crippen molar-refractivity contribution in [3.05, 3.63) is 17.7 Å². The zero-order chi connectivity index (χ0) is 13.4. The fourth-order valence-corrected chi connectivity index (χ4v) is 2.86. The zero-order valence-corrected chi connectivity index (χ0v) is 10.6. The molecule has 17 heavy (non-hydrogen) atoms. The zero-order valence-electron chi connectivity index (χ0n) is 9.00. The summed E-state index contributed by atoms with van der Waals surface area (Å²) >= 11 is 0. The monoisotopic (exact) mass is 281 g/mol. The molecule has 7 nitrogen and oxygen atoms in total. The second-order valence-corrected chi connectivity index (χ2v) is 6.12.